The fourth-order valence-corrected chi connectivity index (χ4v) is 2.63. The van der Waals surface area contributed by atoms with E-state index < -0.39 is 0 Å². The standard InChI is InChI=1S/C19H14N4O/c24-18(22-23-13-21-16-8-1-2-9-17(16)23)11-10-15-6-3-5-14-7-4-12-20-19(14)15/h1-13H,(H,22,24)/b11-10+. The first-order valence-corrected chi connectivity index (χ1v) is 7.56. The highest BCUT2D eigenvalue weighted by molar-refractivity contribution is 6.00. The van der Waals surface area contributed by atoms with Crippen molar-refractivity contribution in [3.8, 4) is 0 Å². The first-order valence-electron chi connectivity index (χ1n) is 7.56. The molecule has 116 valence electrons. The van der Waals surface area contributed by atoms with Crippen molar-refractivity contribution in [1.29, 1.82) is 0 Å². The van der Waals surface area contributed by atoms with Crippen molar-refractivity contribution in [2.45, 2.75) is 0 Å². The van der Waals surface area contributed by atoms with Crippen molar-refractivity contribution in [3.05, 3.63) is 78.8 Å². The van der Waals surface area contributed by atoms with Gasteiger partial charge in [0.1, 0.15) is 6.33 Å². The van der Waals surface area contributed by atoms with E-state index in [0.29, 0.717) is 0 Å². The monoisotopic (exact) mass is 314 g/mol. The van der Waals surface area contributed by atoms with Gasteiger partial charge in [-0.2, -0.15) is 0 Å². The molecule has 0 radical (unpaired) electrons. The van der Waals surface area contributed by atoms with E-state index in [4.69, 9.17) is 0 Å². The summed E-state index contributed by atoms with van der Waals surface area (Å²) in [6.45, 7) is 0. The molecule has 2 aromatic heterocycles. The van der Waals surface area contributed by atoms with Crippen LogP contribution >= 0.6 is 0 Å². The van der Waals surface area contributed by atoms with Gasteiger partial charge in [-0.15, -0.1) is 0 Å². The molecule has 0 spiro atoms. The summed E-state index contributed by atoms with van der Waals surface area (Å²) in [6, 6.07) is 17.4. The second-order valence-electron chi connectivity index (χ2n) is 5.34. The molecule has 5 heteroatoms. The molecule has 4 rings (SSSR count). The predicted molar refractivity (Wildman–Crippen MR) is 94.9 cm³/mol. The number of para-hydroxylation sites is 3. The van der Waals surface area contributed by atoms with Gasteiger partial charge in [-0.25, -0.2) is 9.66 Å². The molecule has 24 heavy (non-hydrogen) atoms. The summed E-state index contributed by atoms with van der Waals surface area (Å²) in [5.41, 5.74) is 6.25. The van der Waals surface area contributed by atoms with E-state index in [9.17, 15) is 4.79 Å². The smallest absolute Gasteiger partial charge is 0.262 e. The molecule has 0 bridgehead atoms. The van der Waals surface area contributed by atoms with Crippen molar-refractivity contribution < 1.29 is 4.79 Å². The number of benzene rings is 2. The second kappa shape index (κ2) is 5.96. The van der Waals surface area contributed by atoms with Crippen molar-refractivity contribution in [2.75, 3.05) is 5.43 Å². The Morgan fingerprint density at radius 2 is 1.88 bits per heavy atom. The number of nitrogens with one attached hydrogen (secondary N) is 1. The minimum absolute atomic E-state index is 0.230. The lowest BCUT2D eigenvalue weighted by molar-refractivity contribution is -0.112. The normalized spacial score (nSPS) is 11.3. The van der Waals surface area contributed by atoms with Gasteiger partial charge in [-0.1, -0.05) is 36.4 Å². The molecular weight excluding hydrogens is 300 g/mol. The largest absolute Gasteiger partial charge is 0.268 e. The Morgan fingerprint density at radius 1 is 1.00 bits per heavy atom. The predicted octanol–water partition coefficient (Wildman–Crippen LogP) is 3.37. The number of rotatable bonds is 3. The van der Waals surface area contributed by atoms with E-state index in [-0.39, 0.29) is 5.91 Å². The first-order chi connectivity index (χ1) is 11.8. The van der Waals surface area contributed by atoms with Gasteiger partial charge in [0.05, 0.1) is 16.6 Å². The molecule has 2 aromatic carbocycles. The number of imidazole rings is 1. The van der Waals surface area contributed by atoms with Crippen LogP contribution in [0.3, 0.4) is 0 Å². The van der Waals surface area contributed by atoms with Gasteiger partial charge >= 0.3 is 0 Å². The molecule has 5 nitrogen and oxygen atoms in total. The number of hydrogen-bond acceptors (Lipinski definition) is 3. The molecule has 0 aliphatic rings. The van der Waals surface area contributed by atoms with Crippen LogP contribution in [0.5, 0.6) is 0 Å². The Balaban J connectivity index is 1.58. The lowest BCUT2D eigenvalue weighted by atomic mass is 10.1. The summed E-state index contributed by atoms with van der Waals surface area (Å²) >= 11 is 0. The van der Waals surface area contributed by atoms with E-state index in [1.54, 1.807) is 23.3 Å². The van der Waals surface area contributed by atoms with Gasteiger partial charge < -0.3 is 0 Å². The number of carbonyl (C=O) groups excluding carboxylic acids is 1. The molecule has 0 aliphatic carbocycles. The van der Waals surface area contributed by atoms with Crippen LogP contribution in [0.25, 0.3) is 28.0 Å². The van der Waals surface area contributed by atoms with E-state index in [2.05, 4.69) is 15.4 Å². The summed E-state index contributed by atoms with van der Waals surface area (Å²) in [4.78, 5) is 20.8. The van der Waals surface area contributed by atoms with Crippen LogP contribution in [0.1, 0.15) is 5.56 Å². The van der Waals surface area contributed by atoms with E-state index in [0.717, 1.165) is 27.5 Å². The van der Waals surface area contributed by atoms with E-state index in [1.807, 2.05) is 54.6 Å². The minimum atomic E-state index is -0.230. The third-order valence-electron chi connectivity index (χ3n) is 3.76. The van der Waals surface area contributed by atoms with Crippen LogP contribution < -0.4 is 5.43 Å². The van der Waals surface area contributed by atoms with Crippen LogP contribution in [0.15, 0.2) is 73.2 Å². The van der Waals surface area contributed by atoms with Crippen LogP contribution in [0.4, 0.5) is 0 Å². The summed E-state index contributed by atoms with van der Waals surface area (Å²) in [5.74, 6) is -0.230. The van der Waals surface area contributed by atoms with Gasteiger partial charge in [-0.05, 0) is 24.3 Å². The summed E-state index contributed by atoms with van der Waals surface area (Å²) in [6.07, 6.45) is 6.61. The molecule has 2 heterocycles. The number of aromatic nitrogens is 3. The Bertz CT molecular complexity index is 1060. The van der Waals surface area contributed by atoms with Crippen molar-refractivity contribution in [3.63, 3.8) is 0 Å². The molecule has 0 saturated carbocycles. The molecule has 1 N–H and O–H groups in total. The van der Waals surface area contributed by atoms with Gasteiger partial charge in [0.25, 0.3) is 5.91 Å². The summed E-state index contributed by atoms with van der Waals surface area (Å²) in [5, 5.41) is 1.04. The molecule has 0 unspecified atom stereocenters. The molecule has 0 saturated heterocycles. The summed E-state index contributed by atoms with van der Waals surface area (Å²) < 4.78 is 1.61. The minimum Gasteiger partial charge on any atom is -0.268 e. The number of nitrogens with zero attached hydrogens (tertiary/aromatic N) is 3. The number of carbonyl (C=O) groups is 1. The lowest BCUT2D eigenvalue weighted by Crippen LogP contribution is -2.19. The van der Waals surface area contributed by atoms with Crippen molar-refractivity contribution in [2.24, 2.45) is 0 Å². The highest BCUT2D eigenvalue weighted by atomic mass is 16.2. The number of hydrogen-bond donors (Lipinski definition) is 1. The second-order valence-corrected chi connectivity index (χ2v) is 5.34. The van der Waals surface area contributed by atoms with Crippen molar-refractivity contribution >= 4 is 33.9 Å². The average molecular weight is 314 g/mol. The highest BCUT2D eigenvalue weighted by Gasteiger charge is 2.04. The third-order valence-corrected chi connectivity index (χ3v) is 3.76. The SMILES string of the molecule is O=C(/C=C/c1cccc2cccnc12)Nn1cnc2ccccc21. The lowest BCUT2D eigenvalue weighted by Gasteiger charge is -2.04. The Labute approximate surface area is 138 Å². The number of pyridine rings is 1. The topological polar surface area (TPSA) is 59.8 Å². The van der Waals surface area contributed by atoms with Gasteiger partial charge in [0.15, 0.2) is 0 Å². The zero-order valence-corrected chi connectivity index (χ0v) is 12.8. The van der Waals surface area contributed by atoms with Crippen LogP contribution in [0, 0.1) is 0 Å². The maximum absolute atomic E-state index is 12.2. The zero-order chi connectivity index (χ0) is 16.4. The molecular formula is C19H14N4O. The number of amides is 1. The van der Waals surface area contributed by atoms with Crippen molar-refractivity contribution in [1.82, 2.24) is 14.6 Å². The molecule has 0 fully saturated rings. The van der Waals surface area contributed by atoms with Crippen LogP contribution in [-0.2, 0) is 4.79 Å². The molecule has 0 aliphatic heterocycles. The van der Waals surface area contributed by atoms with E-state index in [1.165, 1.54) is 6.08 Å². The average Bonchev–Trinajstić information content (AvgIpc) is 3.03. The van der Waals surface area contributed by atoms with Gasteiger partial charge in [0, 0.05) is 23.2 Å². The highest BCUT2D eigenvalue weighted by Crippen LogP contribution is 2.17. The van der Waals surface area contributed by atoms with Crippen LogP contribution in [-0.4, -0.2) is 20.6 Å². The van der Waals surface area contributed by atoms with E-state index >= 15 is 0 Å². The fourth-order valence-electron chi connectivity index (χ4n) is 2.63. The maximum Gasteiger partial charge on any atom is 0.262 e. The van der Waals surface area contributed by atoms with Crippen LogP contribution in [0.2, 0.25) is 0 Å². The van der Waals surface area contributed by atoms with Gasteiger partial charge in [-0.3, -0.25) is 15.2 Å². The quantitative estimate of drug-likeness (QED) is 0.590. The Morgan fingerprint density at radius 3 is 2.83 bits per heavy atom. The molecule has 0 atom stereocenters. The fraction of sp³-hybridized carbons (Fsp3) is 0. The maximum atomic E-state index is 12.2. The Kier molecular flexibility index (Phi) is 3.51. The zero-order valence-electron chi connectivity index (χ0n) is 12.8. The summed E-state index contributed by atoms with van der Waals surface area (Å²) in [7, 11) is 0. The molecule has 1 amide bonds. The first kappa shape index (κ1) is 14.1. The Hall–Kier alpha value is -3.47. The van der Waals surface area contributed by atoms with Gasteiger partial charge in [0.2, 0.25) is 0 Å². The number of fused-ring (bicyclic) bond motifs is 2. The third kappa shape index (κ3) is 2.63. The molecule has 4 aromatic rings.